The Morgan fingerprint density at radius 2 is 2.23 bits per heavy atom. The summed E-state index contributed by atoms with van der Waals surface area (Å²) in [6, 6.07) is 0. The van der Waals surface area contributed by atoms with Crippen LogP contribution in [-0.4, -0.2) is 30.8 Å². The van der Waals surface area contributed by atoms with Gasteiger partial charge >= 0.3 is 5.97 Å². The van der Waals surface area contributed by atoms with Crippen molar-refractivity contribution in [2.75, 3.05) is 18.6 Å². The van der Waals surface area contributed by atoms with Gasteiger partial charge in [-0.15, -0.1) is 0 Å². The number of unbranched alkanes of at least 4 members (excludes halogenated alkanes) is 1. The number of hydrogen-bond donors (Lipinski definition) is 0. The first-order chi connectivity index (χ1) is 6.16. The van der Waals surface area contributed by atoms with E-state index in [1.165, 1.54) is 7.11 Å². The first-order valence-electron chi connectivity index (χ1n) is 4.45. The topological polar surface area (TPSA) is 26.3 Å². The third kappa shape index (κ3) is 9.67. The number of methoxy groups -OCH3 is 1. The Bertz CT molecular complexity index is 140. The molecule has 13 heavy (non-hydrogen) atoms. The zero-order valence-electron chi connectivity index (χ0n) is 8.22. The molecule has 4 heteroatoms. The molecule has 78 valence electrons. The Hall–Kier alpha value is -0.250. The van der Waals surface area contributed by atoms with Gasteiger partial charge in [-0.3, -0.25) is 4.79 Å². The lowest BCUT2D eigenvalue weighted by atomic mass is 10.2. The number of esters is 1. The molecule has 0 radical (unpaired) electrons. The number of carbonyl (C=O) groups excluding carboxylic acids is 1. The van der Waals surface area contributed by atoms with Crippen LogP contribution in [0, 0.1) is 0 Å². The van der Waals surface area contributed by atoms with Crippen LogP contribution in [0.25, 0.3) is 0 Å². The number of alkyl halides is 1. The molecule has 0 aliphatic heterocycles. The number of ether oxygens (including phenoxy) is 1. The highest BCUT2D eigenvalue weighted by Gasteiger charge is 2.00. The van der Waals surface area contributed by atoms with Crippen LogP contribution in [0.15, 0.2) is 0 Å². The molecule has 0 aliphatic carbocycles. The molecule has 0 saturated carbocycles. The van der Waals surface area contributed by atoms with Crippen LogP contribution in [0.3, 0.4) is 0 Å². The summed E-state index contributed by atoms with van der Waals surface area (Å²) in [5, 5.41) is 0. The van der Waals surface area contributed by atoms with Gasteiger partial charge in [-0.1, -0.05) is 0 Å². The zero-order valence-corrected chi connectivity index (χ0v) is 9.03. The highest BCUT2D eigenvalue weighted by molar-refractivity contribution is 7.99. The van der Waals surface area contributed by atoms with Gasteiger partial charge in [0.15, 0.2) is 0 Å². The van der Waals surface area contributed by atoms with E-state index in [1.54, 1.807) is 18.7 Å². The average molecular weight is 208 g/mol. The molecular formula is C9H17FO2S. The van der Waals surface area contributed by atoms with Gasteiger partial charge in [-0.05, 0) is 31.9 Å². The highest BCUT2D eigenvalue weighted by atomic mass is 32.2. The summed E-state index contributed by atoms with van der Waals surface area (Å²) >= 11 is 1.54. The molecule has 0 heterocycles. The van der Waals surface area contributed by atoms with Crippen LogP contribution in [0.1, 0.15) is 26.2 Å². The predicted octanol–water partition coefficient (Wildman–Crippen LogP) is 2.42. The Morgan fingerprint density at radius 1 is 1.54 bits per heavy atom. The van der Waals surface area contributed by atoms with Crippen LogP contribution in [-0.2, 0) is 9.53 Å². The summed E-state index contributed by atoms with van der Waals surface area (Å²) in [4.78, 5) is 10.6. The molecule has 2 nitrogen and oxygen atoms in total. The fourth-order valence-corrected chi connectivity index (χ4v) is 1.68. The van der Waals surface area contributed by atoms with Crippen molar-refractivity contribution in [2.45, 2.75) is 32.4 Å². The number of carbonyl (C=O) groups is 1. The summed E-state index contributed by atoms with van der Waals surface area (Å²) in [5.41, 5.74) is 0. The zero-order chi connectivity index (χ0) is 10.1. The predicted molar refractivity (Wildman–Crippen MR) is 53.8 cm³/mol. The smallest absolute Gasteiger partial charge is 0.315 e. The Morgan fingerprint density at radius 3 is 2.77 bits per heavy atom. The summed E-state index contributed by atoms with van der Waals surface area (Å²) in [5.74, 6) is 1.12. The van der Waals surface area contributed by atoms with Crippen molar-refractivity contribution in [3.05, 3.63) is 0 Å². The van der Waals surface area contributed by atoms with E-state index in [9.17, 15) is 9.18 Å². The first kappa shape index (κ1) is 12.8. The lowest BCUT2D eigenvalue weighted by Crippen LogP contribution is -2.03. The minimum atomic E-state index is -0.703. The van der Waals surface area contributed by atoms with Gasteiger partial charge in [0, 0.05) is 0 Å². The van der Waals surface area contributed by atoms with Crippen molar-refractivity contribution in [3.8, 4) is 0 Å². The van der Waals surface area contributed by atoms with Gasteiger partial charge in [0.25, 0.3) is 0 Å². The minimum absolute atomic E-state index is 0.191. The fraction of sp³-hybridized carbons (Fsp3) is 0.889. The molecule has 0 rings (SSSR count). The van der Waals surface area contributed by atoms with E-state index in [-0.39, 0.29) is 5.97 Å². The summed E-state index contributed by atoms with van der Waals surface area (Å²) in [7, 11) is 1.38. The van der Waals surface area contributed by atoms with Gasteiger partial charge in [-0.25, -0.2) is 4.39 Å². The SMILES string of the molecule is COC(=O)CSCCCCC(C)F. The first-order valence-corrected chi connectivity index (χ1v) is 5.61. The van der Waals surface area contributed by atoms with Crippen molar-refractivity contribution in [1.29, 1.82) is 0 Å². The van der Waals surface area contributed by atoms with Gasteiger partial charge in [0.1, 0.15) is 0 Å². The van der Waals surface area contributed by atoms with Crippen molar-refractivity contribution in [2.24, 2.45) is 0 Å². The fourth-order valence-electron chi connectivity index (χ4n) is 0.844. The second-order valence-electron chi connectivity index (χ2n) is 2.91. The number of hydrogen-bond acceptors (Lipinski definition) is 3. The monoisotopic (exact) mass is 208 g/mol. The molecule has 0 aromatic carbocycles. The molecule has 0 spiro atoms. The van der Waals surface area contributed by atoms with E-state index >= 15 is 0 Å². The largest absolute Gasteiger partial charge is 0.468 e. The molecule has 0 saturated heterocycles. The lowest BCUT2D eigenvalue weighted by molar-refractivity contribution is -0.137. The molecule has 1 unspecified atom stereocenters. The summed E-state index contributed by atoms with van der Waals surface area (Å²) < 4.78 is 16.8. The standard InChI is InChI=1S/C9H17FO2S/c1-8(10)5-3-4-6-13-7-9(11)12-2/h8H,3-7H2,1-2H3. The van der Waals surface area contributed by atoms with E-state index in [1.807, 2.05) is 0 Å². The third-order valence-corrected chi connectivity index (χ3v) is 2.61. The molecule has 0 fully saturated rings. The molecule has 0 aromatic heterocycles. The van der Waals surface area contributed by atoms with Crippen LogP contribution >= 0.6 is 11.8 Å². The molecular weight excluding hydrogens is 191 g/mol. The van der Waals surface area contributed by atoms with E-state index < -0.39 is 6.17 Å². The maximum Gasteiger partial charge on any atom is 0.315 e. The van der Waals surface area contributed by atoms with E-state index in [0.717, 1.165) is 18.6 Å². The van der Waals surface area contributed by atoms with Crippen molar-refractivity contribution >= 4 is 17.7 Å². The lowest BCUT2D eigenvalue weighted by Gasteiger charge is -2.01. The molecule has 0 amide bonds. The minimum Gasteiger partial charge on any atom is -0.468 e. The number of halogens is 1. The molecule has 0 aliphatic rings. The quantitative estimate of drug-likeness (QED) is 0.475. The van der Waals surface area contributed by atoms with Crippen LogP contribution < -0.4 is 0 Å². The Balaban J connectivity index is 3.04. The van der Waals surface area contributed by atoms with Crippen LogP contribution in [0.4, 0.5) is 4.39 Å². The van der Waals surface area contributed by atoms with E-state index in [0.29, 0.717) is 12.2 Å². The van der Waals surface area contributed by atoms with Crippen molar-refractivity contribution in [3.63, 3.8) is 0 Å². The second kappa shape index (κ2) is 8.35. The third-order valence-electron chi connectivity index (χ3n) is 1.59. The molecule has 0 bridgehead atoms. The second-order valence-corrected chi connectivity index (χ2v) is 4.01. The van der Waals surface area contributed by atoms with Gasteiger partial charge in [0.2, 0.25) is 0 Å². The molecule has 0 aromatic rings. The maximum atomic E-state index is 12.3. The van der Waals surface area contributed by atoms with Gasteiger partial charge in [0.05, 0.1) is 19.0 Å². The van der Waals surface area contributed by atoms with Gasteiger partial charge < -0.3 is 4.74 Å². The van der Waals surface area contributed by atoms with E-state index in [4.69, 9.17) is 0 Å². The average Bonchev–Trinajstić information content (AvgIpc) is 2.10. The van der Waals surface area contributed by atoms with Crippen LogP contribution in [0.5, 0.6) is 0 Å². The summed E-state index contributed by atoms with van der Waals surface area (Å²) in [6.07, 6.45) is 1.78. The van der Waals surface area contributed by atoms with Crippen LogP contribution in [0.2, 0.25) is 0 Å². The number of rotatable bonds is 7. The maximum absolute atomic E-state index is 12.3. The van der Waals surface area contributed by atoms with Crippen molar-refractivity contribution < 1.29 is 13.9 Å². The molecule has 1 atom stereocenters. The van der Waals surface area contributed by atoms with Crippen molar-refractivity contribution in [1.82, 2.24) is 0 Å². The number of thioether (sulfide) groups is 1. The van der Waals surface area contributed by atoms with E-state index in [2.05, 4.69) is 4.74 Å². The summed E-state index contributed by atoms with van der Waals surface area (Å²) in [6.45, 7) is 1.57. The molecule has 0 N–H and O–H groups in total. The normalized spacial score (nSPS) is 12.5. The Kier molecular flexibility index (Phi) is 8.19. The van der Waals surface area contributed by atoms with Gasteiger partial charge in [-0.2, -0.15) is 11.8 Å². The highest BCUT2D eigenvalue weighted by Crippen LogP contribution is 2.09. The Labute approximate surface area is 83.2 Å².